The minimum absolute atomic E-state index is 0.111. The lowest BCUT2D eigenvalue weighted by Gasteiger charge is -2.15. The zero-order valence-electron chi connectivity index (χ0n) is 15.5. The molecule has 0 heterocycles. The molecule has 0 saturated carbocycles. The summed E-state index contributed by atoms with van der Waals surface area (Å²) < 4.78 is 10.8. The first-order valence-electron chi connectivity index (χ1n) is 8.89. The molecule has 3 aromatic rings. The van der Waals surface area contributed by atoms with Crippen LogP contribution in [-0.2, 0) is 0 Å². The maximum atomic E-state index is 12.4. The molecule has 3 rings (SSSR count). The molecule has 138 valence electrons. The van der Waals surface area contributed by atoms with E-state index in [1.807, 2.05) is 85.8 Å². The molecular weight excluding hydrogens is 338 g/mol. The number of carbonyl (C=O) groups is 1. The molecule has 1 N–H and O–H groups in total. The van der Waals surface area contributed by atoms with Crippen molar-refractivity contribution in [1.29, 1.82) is 0 Å². The number of methoxy groups -OCH3 is 1. The standard InChI is InChI=1S/C23H23NO3/c1-17(16-27-22-14-12-21(26-2)13-15-22)24-23(25)20-10-8-19(9-11-20)18-6-4-3-5-7-18/h3-15,17H,16H2,1-2H3,(H,24,25). The molecule has 1 atom stereocenters. The second kappa shape index (κ2) is 8.90. The number of ether oxygens (including phenoxy) is 2. The summed E-state index contributed by atoms with van der Waals surface area (Å²) in [5.74, 6) is 1.41. The molecule has 0 spiro atoms. The van der Waals surface area contributed by atoms with Crippen molar-refractivity contribution < 1.29 is 14.3 Å². The van der Waals surface area contributed by atoms with Crippen LogP contribution in [0.3, 0.4) is 0 Å². The first-order chi connectivity index (χ1) is 13.2. The Hall–Kier alpha value is -3.27. The van der Waals surface area contributed by atoms with Crippen molar-refractivity contribution in [3.63, 3.8) is 0 Å². The Balaban J connectivity index is 1.53. The van der Waals surface area contributed by atoms with Gasteiger partial charge in [-0.1, -0.05) is 42.5 Å². The van der Waals surface area contributed by atoms with Crippen LogP contribution in [0, 0.1) is 0 Å². The Kier molecular flexibility index (Phi) is 6.10. The van der Waals surface area contributed by atoms with Crippen molar-refractivity contribution in [3.8, 4) is 22.6 Å². The average molecular weight is 361 g/mol. The highest BCUT2D eigenvalue weighted by molar-refractivity contribution is 5.94. The van der Waals surface area contributed by atoms with Crippen molar-refractivity contribution in [2.75, 3.05) is 13.7 Å². The topological polar surface area (TPSA) is 47.6 Å². The van der Waals surface area contributed by atoms with E-state index in [1.165, 1.54) is 0 Å². The van der Waals surface area contributed by atoms with Gasteiger partial charge in [-0.25, -0.2) is 0 Å². The fourth-order valence-corrected chi connectivity index (χ4v) is 2.69. The summed E-state index contributed by atoms with van der Waals surface area (Å²) in [5, 5.41) is 2.96. The fraction of sp³-hybridized carbons (Fsp3) is 0.174. The van der Waals surface area contributed by atoms with Gasteiger partial charge in [0, 0.05) is 5.56 Å². The summed E-state index contributed by atoms with van der Waals surface area (Å²) in [5.41, 5.74) is 2.85. The van der Waals surface area contributed by atoms with Crippen molar-refractivity contribution in [2.45, 2.75) is 13.0 Å². The van der Waals surface area contributed by atoms with Crippen LogP contribution >= 0.6 is 0 Å². The molecule has 0 aliphatic rings. The highest BCUT2D eigenvalue weighted by Gasteiger charge is 2.11. The molecule has 0 bridgehead atoms. The van der Waals surface area contributed by atoms with Gasteiger partial charge in [0.25, 0.3) is 5.91 Å². The highest BCUT2D eigenvalue weighted by Crippen LogP contribution is 2.19. The van der Waals surface area contributed by atoms with E-state index in [0.29, 0.717) is 12.2 Å². The summed E-state index contributed by atoms with van der Waals surface area (Å²) in [6.07, 6.45) is 0. The fourth-order valence-electron chi connectivity index (χ4n) is 2.69. The van der Waals surface area contributed by atoms with Gasteiger partial charge in [-0.15, -0.1) is 0 Å². The van der Waals surface area contributed by atoms with E-state index >= 15 is 0 Å². The molecular formula is C23H23NO3. The lowest BCUT2D eigenvalue weighted by molar-refractivity contribution is 0.0926. The van der Waals surface area contributed by atoms with Crippen molar-refractivity contribution >= 4 is 5.91 Å². The van der Waals surface area contributed by atoms with E-state index in [0.717, 1.165) is 22.6 Å². The molecule has 0 aromatic heterocycles. The van der Waals surface area contributed by atoms with Gasteiger partial charge in [-0.2, -0.15) is 0 Å². The van der Waals surface area contributed by atoms with Gasteiger partial charge < -0.3 is 14.8 Å². The lowest BCUT2D eigenvalue weighted by atomic mass is 10.0. The Bertz CT molecular complexity index is 858. The van der Waals surface area contributed by atoms with E-state index in [4.69, 9.17) is 9.47 Å². The smallest absolute Gasteiger partial charge is 0.251 e. The van der Waals surface area contributed by atoms with E-state index in [9.17, 15) is 4.79 Å². The zero-order chi connectivity index (χ0) is 19.1. The van der Waals surface area contributed by atoms with Gasteiger partial charge in [0.05, 0.1) is 13.2 Å². The first kappa shape index (κ1) is 18.5. The summed E-state index contributed by atoms with van der Waals surface area (Å²) >= 11 is 0. The number of hydrogen-bond donors (Lipinski definition) is 1. The largest absolute Gasteiger partial charge is 0.497 e. The number of rotatable bonds is 7. The molecule has 4 nitrogen and oxygen atoms in total. The van der Waals surface area contributed by atoms with E-state index < -0.39 is 0 Å². The van der Waals surface area contributed by atoms with E-state index in [1.54, 1.807) is 7.11 Å². The molecule has 0 aliphatic heterocycles. The third kappa shape index (κ3) is 5.11. The normalized spacial score (nSPS) is 11.5. The number of benzene rings is 3. The molecule has 0 aliphatic carbocycles. The summed E-state index contributed by atoms with van der Waals surface area (Å²) in [6, 6.07) is 24.9. The number of amides is 1. The summed E-state index contributed by atoms with van der Waals surface area (Å²) in [4.78, 5) is 12.4. The average Bonchev–Trinajstić information content (AvgIpc) is 2.73. The maximum Gasteiger partial charge on any atom is 0.251 e. The quantitative estimate of drug-likeness (QED) is 0.671. The van der Waals surface area contributed by atoms with E-state index in [2.05, 4.69) is 5.32 Å². The van der Waals surface area contributed by atoms with Gasteiger partial charge in [0.1, 0.15) is 18.1 Å². The van der Waals surface area contributed by atoms with Gasteiger partial charge in [-0.3, -0.25) is 4.79 Å². The molecule has 0 saturated heterocycles. The minimum Gasteiger partial charge on any atom is -0.497 e. The third-order valence-electron chi connectivity index (χ3n) is 4.19. The van der Waals surface area contributed by atoms with E-state index in [-0.39, 0.29) is 11.9 Å². The molecule has 0 radical (unpaired) electrons. The summed E-state index contributed by atoms with van der Waals surface area (Å²) in [6.45, 7) is 2.31. The number of carbonyl (C=O) groups excluding carboxylic acids is 1. The second-order valence-corrected chi connectivity index (χ2v) is 6.30. The van der Waals surface area contributed by atoms with Crippen LogP contribution in [0.25, 0.3) is 11.1 Å². The molecule has 1 unspecified atom stereocenters. The van der Waals surface area contributed by atoms with Crippen molar-refractivity contribution in [3.05, 3.63) is 84.4 Å². The lowest BCUT2D eigenvalue weighted by Crippen LogP contribution is -2.36. The van der Waals surface area contributed by atoms with Crippen LogP contribution in [-0.4, -0.2) is 25.7 Å². The third-order valence-corrected chi connectivity index (χ3v) is 4.19. The van der Waals surface area contributed by atoms with Crippen LogP contribution in [0.2, 0.25) is 0 Å². The van der Waals surface area contributed by atoms with Crippen molar-refractivity contribution in [1.82, 2.24) is 5.32 Å². The molecule has 3 aromatic carbocycles. The van der Waals surface area contributed by atoms with Gasteiger partial charge >= 0.3 is 0 Å². The monoisotopic (exact) mass is 361 g/mol. The predicted octanol–water partition coefficient (Wildman–Crippen LogP) is 4.56. The molecule has 0 fully saturated rings. The highest BCUT2D eigenvalue weighted by atomic mass is 16.5. The van der Waals surface area contributed by atoms with Gasteiger partial charge in [0.2, 0.25) is 0 Å². The molecule has 27 heavy (non-hydrogen) atoms. The molecule has 4 heteroatoms. The van der Waals surface area contributed by atoms with Gasteiger partial charge in [-0.05, 0) is 54.4 Å². The second-order valence-electron chi connectivity index (χ2n) is 6.30. The molecule has 1 amide bonds. The SMILES string of the molecule is COc1ccc(OCC(C)NC(=O)c2ccc(-c3ccccc3)cc2)cc1. The summed E-state index contributed by atoms with van der Waals surface area (Å²) in [7, 11) is 1.62. The maximum absolute atomic E-state index is 12.4. The Labute approximate surface area is 159 Å². The Morgan fingerprint density at radius 3 is 2.07 bits per heavy atom. The van der Waals surface area contributed by atoms with Crippen LogP contribution in [0.1, 0.15) is 17.3 Å². The zero-order valence-corrected chi connectivity index (χ0v) is 15.5. The predicted molar refractivity (Wildman–Crippen MR) is 107 cm³/mol. The van der Waals surface area contributed by atoms with Crippen molar-refractivity contribution in [2.24, 2.45) is 0 Å². The van der Waals surface area contributed by atoms with Crippen LogP contribution in [0.4, 0.5) is 0 Å². The first-order valence-corrected chi connectivity index (χ1v) is 8.89. The van der Waals surface area contributed by atoms with Crippen LogP contribution in [0.15, 0.2) is 78.9 Å². The number of nitrogens with one attached hydrogen (secondary N) is 1. The minimum atomic E-state index is -0.117. The number of hydrogen-bond acceptors (Lipinski definition) is 3. The van der Waals surface area contributed by atoms with Crippen LogP contribution in [0.5, 0.6) is 11.5 Å². The Morgan fingerprint density at radius 2 is 1.44 bits per heavy atom. The van der Waals surface area contributed by atoms with Crippen LogP contribution < -0.4 is 14.8 Å². The Morgan fingerprint density at radius 1 is 0.852 bits per heavy atom. The van der Waals surface area contributed by atoms with Gasteiger partial charge in [0.15, 0.2) is 0 Å².